The van der Waals surface area contributed by atoms with Gasteiger partial charge in [-0.25, -0.2) is 9.67 Å². The van der Waals surface area contributed by atoms with E-state index in [0.717, 1.165) is 45.2 Å². The molecule has 1 aromatic carbocycles. The van der Waals surface area contributed by atoms with Gasteiger partial charge >= 0.3 is 0 Å². The van der Waals surface area contributed by atoms with Gasteiger partial charge in [0.25, 0.3) is 0 Å². The number of hydrogen-bond acceptors (Lipinski definition) is 4. The van der Waals surface area contributed by atoms with Gasteiger partial charge in [0.1, 0.15) is 12.7 Å². The molecule has 2 heterocycles. The minimum atomic E-state index is -0.408. The standard InChI is InChI=1S/C21H28N4O2/c26-20-11-18-13-24(12-17(18)10-19(20)25-15-22-14-23-25)21(27)9-5-4-8-16-6-2-1-3-7-16/h1-3,6-7,14-15,17-20,26H,4-5,8-13H2/t17-,18+,19-,20-/m1/s1. The number of benzene rings is 1. The quantitative estimate of drug-likeness (QED) is 0.795. The Balaban J connectivity index is 1.24. The molecule has 1 aliphatic carbocycles. The number of aliphatic hydroxyl groups is 1. The number of aliphatic hydroxyl groups excluding tert-OH is 1. The van der Waals surface area contributed by atoms with Crippen LogP contribution in [0.5, 0.6) is 0 Å². The summed E-state index contributed by atoms with van der Waals surface area (Å²) in [6, 6.07) is 10.4. The molecule has 1 N–H and O–H groups in total. The number of hydrogen-bond donors (Lipinski definition) is 1. The van der Waals surface area contributed by atoms with Crippen LogP contribution in [0.25, 0.3) is 0 Å². The van der Waals surface area contributed by atoms with Crippen molar-refractivity contribution in [3.63, 3.8) is 0 Å². The Morgan fingerprint density at radius 3 is 2.63 bits per heavy atom. The monoisotopic (exact) mass is 368 g/mol. The lowest BCUT2D eigenvalue weighted by atomic mass is 9.77. The van der Waals surface area contributed by atoms with Gasteiger partial charge in [0.2, 0.25) is 5.91 Å². The molecule has 0 radical (unpaired) electrons. The van der Waals surface area contributed by atoms with Gasteiger partial charge in [-0.15, -0.1) is 0 Å². The molecular formula is C21H28N4O2. The van der Waals surface area contributed by atoms with Crippen molar-refractivity contribution in [3.05, 3.63) is 48.5 Å². The van der Waals surface area contributed by atoms with E-state index in [1.165, 1.54) is 11.9 Å². The molecule has 2 aliphatic rings. The minimum absolute atomic E-state index is 0.0188. The fourth-order valence-corrected chi connectivity index (χ4v) is 4.69. The highest BCUT2D eigenvalue weighted by atomic mass is 16.3. The maximum absolute atomic E-state index is 12.6. The number of fused-ring (bicyclic) bond motifs is 1. The van der Waals surface area contributed by atoms with Gasteiger partial charge in [0.05, 0.1) is 12.1 Å². The van der Waals surface area contributed by atoms with Gasteiger partial charge in [-0.05, 0) is 49.5 Å². The van der Waals surface area contributed by atoms with Crippen molar-refractivity contribution < 1.29 is 9.90 Å². The molecule has 144 valence electrons. The maximum Gasteiger partial charge on any atom is 0.222 e. The molecule has 6 heteroatoms. The molecule has 1 aromatic heterocycles. The summed E-state index contributed by atoms with van der Waals surface area (Å²) in [4.78, 5) is 18.7. The minimum Gasteiger partial charge on any atom is -0.391 e. The van der Waals surface area contributed by atoms with Gasteiger partial charge in [-0.2, -0.15) is 5.10 Å². The third-order valence-electron chi connectivity index (χ3n) is 6.19. The van der Waals surface area contributed by atoms with E-state index >= 15 is 0 Å². The lowest BCUT2D eigenvalue weighted by molar-refractivity contribution is -0.130. The molecule has 27 heavy (non-hydrogen) atoms. The van der Waals surface area contributed by atoms with Gasteiger partial charge in [0, 0.05) is 19.5 Å². The highest BCUT2D eigenvalue weighted by Gasteiger charge is 2.43. The van der Waals surface area contributed by atoms with Crippen molar-refractivity contribution in [3.8, 4) is 0 Å². The van der Waals surface area contributed by atoms with E-state index in [9.17, 15) is 9.90 Å². The molecule has 0 spiro atoms. The van der Waals surface area contributed by atoms with E-state index in [4.69, 9.17) is 0 Å². The van der Waals surface area contributed by atoms with Crippen LogP contribution in [0.2, 0.25) is 0 Å². The van der Waals surface area contributed by atoms with Crippen molar-refractivity contribution in [1.82, 2.24) is 19.7 Å². The van der Waals surface area contributed by atoms with Gasteiger partial charge < -0.3 is 10.0 Å². The first kappa shape index (κ1) is 18.2. The molecule has 1 saturated carbocycles. The van der Waals surface area contributed by atoms with Crippen LogP contribution in [0.3, 0.4) is 0 Å². The van der Waals surface area contributed by atoms with Gasteiger partial charge in [0.15, 0.2) is 0 Å². The van der Waals surface area contributed by atoms with Gasteiger partial charge in [-0.1, -0.05) is 30.3 Å². The number of aryl methyl sites for hydroxylation is 1. The lowest BCUT2D eigenvalue weighted by Crippen LogP contribution is -2.36. The molecule has 1 amide bonds. The second kappa shape index (κ2) is 8.21. The predicted molar refractivity (Wildman–Crippen MR) is 102 cm³/mol. The highest BCUT2D eigenvalue weighted by molar-refractivity contribution is 5.76. The Kier molecular flexibility index (Phi) is 5.53. The maximum atomic E-state index is 12.6. The van der Waals surface area contributed by atoms with Crippen LogP contribution in [0.4, 0.5) is 0 Å². The number of rotatable bonds is 6. The summed E-state index contributed by atoms with van der Waals surface area (Å²) in [6.45, 7) is 1.61. The Bertz CT molecular complexity index is 734. The van der Waals surface area contributed by atoms with Crippen molar-refractivity contribution in [2.45, 2.75) is 50.7 Å². The molecule has 0 unspecified atom stereocenters. The fourth-order valence-electron chi connectivity index (χ4n) is 4.69. The van der Waals surface area contributed by atoms with Crippen LogP contribution in [-0.2, 0) is 11.2 Å². The third-order valence-corrected chi connectivity index (χ3v) is 6.19. The normalized spacial score (nSPS) is 27.5. The number of carbonyl (C=O) groups excluding carboxylic acids is 1. The molecular weight excluding hydrogens is 340 g/mol. The molecule has 4 rings (SSSR count). The third kappa shape index (κ3) is 4.21. The zero-order chi connectivity index (χ0) is 18.6. The molecule has 4 atom stereocenters. The van der Waals surface area contributed by atoms with Crippen LogP contribution in [0.15, 0.2) is 43.0 Å². The van der Waals surface area contributed by atoms with Crippen LogP contribution in [0.1, 0.15) is 43.7 Å². The Labute approximate surface area is 160 Å². The highest BCUT2D eigenvalue weighted by Crippen LogP contribution is 2.41. The SMILES string of the molecule is O=C(CCCCc1ccccc1)N1C[C@H]2C[C@@H](n3cncn3)[C@H](O)C[C@H]2C1. The fraction of sp³-hybridized carbons (Fsp3) is 0.571. The van der Waals surface area contributed by atoms with Crippen LogP contribution >= 0.6 is 0 Å². The lowest BCUT2D eigenvalue weighted by Gasteiger charge is -2.34. The van der Waals surface area contributed by atoms with Crippen molar-refractivity contribution in [2.24, 2.45) is 11.8 Å². The van der Waals surface area contributed by atoms with Crippen molar-refractivity contribution >= 4 is 5.91 Å². The van der Waals surface area contributed by atoms with Crippen molar-refractivity contribution in [2.75, 3.05) is 13.1 Å². The summed E-state index contributed by atoms with van der Waals surface area (Å²) in [7, 11) is 0. The molecule has 1 aliphatic heterocycles. The number of nitrogens with zero attached hydrogens (tertiary/aromatic N) is 4. The average Bonchev–Trinajstić information content (AvgIpc) is 3.34. The molecule has 0 bridgehead atoms. The summed E-state index contributed by atoms with van der Waals surface area (Å²) in [6.07, 6.45) is 8.03. The molecule has 1 saturated heterocycles. The Hall–Kier alpha value is -2.21. The largest absolute Gasteiger partial charge is 0.391 e. The smallest absolute Gasteiger partial charge is 0.222 e. The van der Waals surface area contributed by atoms with E-state index in [1.54, 1.807) is 11.0 Å². The number of likely N-dealkylation sites (tertiary alicyclic amines) is 1. The molecule has 6 nitrogen and oxygen atoms in total. The van der Waals surface area contributed by atoms with Crippen molar-refractivity contribution in [1.29, 1.82) is 0 Å². The van der Waals surface area contributed by atoms with E-state index in [-0.39, 0.29) is 11.9 Å². The van der Waals surface area contributed by atoms with E-state index in [1.807, 2.05) is 11.0 Å². The number of carbonyl (C=O) groups is 1. The average molecular weight is 368 g/mol. The molecule has 2 fully saturated rings. The number of amides is 1. The Morgan fingerprint density at radius 2 is 1.89 bits per heavy atom. The summed E-state index contributed by atoms with van der Waals surface area (Å²) < 4.78 is 1.77. The second-order valence-corrected chi connectivity index (χ2v) is 7.99. The summed E-state index contributed by atoms with van der Waals surface area (Å²) >= 11 is 0. The zero-order valence-electron chi connectivity index (χ0n) is 15.7. The van der Waals surface area contributed by atoms with E-state index in [0.29, 0.717) is 18.3 Å². The first-order valence-corrected chi connectivity index (χ1v) is 10.0. The van der Waals surface area contributed by atoms with Crippen LogP contribution < -0.4 is 0 Å². The van der Waals surface area contributed by atoms with Crippen LogP contribution in [0, 0.1) is 11.8 Å². The predicted octanol–water partition coefficient (Wildman–Crippen LogP) is 2.46. The first-order valence-electron chi connectivity index (χ1n) is 10.0. The van der Waals surface area contributed by atoms with Gasteiger partial charge in [-0.3, -0.25) is 4.79 Å². The first-order chi connectivity index (χ1) is 13.2. The summed E-state index contributed by atoms with van der Waals surface area (Å²) in [5.74, 6) is 1.13. The van der Waals surface area contributed by atoms with E-state index in [2.05, 4.69) is 34.3 Å². The Morgan fingerprint density at radius 1 is 1.11 bits per heavy atom. The molecule has 2 aromatic rings. The summed E-state index contributed by atoms with van der Waals surface area (Å²) in [5.41, 5.74) is 1.34. The summed E-state index contributed by atoms with van der Waals surface area (Å²) in [5, 5.41) is 14.7. The second-order valence-electron chi connectivity index (χ2n) is 7.99. The van der Waals surface area contributed by atoms with E-state index < -0.39 is 6.10 Å². The zero-order valence-corrected chi connectivity index (χ0v) is 15.7. The number of unbranched alkanes of at least 4 members (excludes halogenated alkanes) is 1. The van der Waals surface area contributed by atoms with Crippen LogP contribution in [-0.4, -0.2) is 49.9 Å². The number of aromatic nitrogens is 3. The topological polar surface area (TPSA) is 71.2 Å².